The number of carbonyl (C=O) groups is 3. The molecule has 0 heterocycles. The Morgan fingerprint density at radius 3 is 2.39 bits per heavy atom. The number of aliphatic hydroxyl groups excluding tert-OH is 2. The van der Waals surface area contributed by atoms with Gasteiger partial charge in [-0.15, -0.1) is 0 Å². The molecule has 0 spiro atoms. The molecule has 0 aliphatic heterocycles. The van der Waals surface area contributed by atoms with Gasteiger partial charge in [-0.3, -0.25) is 14.4 Å². The average molecular weight is 528 g/mol. The van der Waals surface area contributed by atoms with Crippen LogP contribution in [0.3, 0.4) is 0 Å². The molecule has 10 nitrogen and oxygen atoms in total. The largest absolute Gasteiger partial charge is 0.508 e. The van der Waals surface area contributed by atoms with Gasteiger partial charge in [0.2, 0.25) is 5.78 Å². The number of hydrogen-bond donors (Lipinski definition) is 5. The number of primary amides is 1. The van der Waals surface area contributed by atoms with Crippen LogP contribution in [0.15, 0.2) is 23.0 Å². The van der Waals surface area contributed by atoms with E-state index in [-0.39, 0.29) is 36.1 Å². The number of anilines is 1. The summed E-state index contributed by atoms with van der Waals surface area (Å²) in [6.45, 7) is 5.75. The predicted octanol–water partition coefficient (Wildman–Crippen LogP) is 1.97. The molecule has 10 heteroatoms. The van der Waals surface area contributed by atoms with E-state index in [2.05, 4.69) is 18.7 Å². The van der Waals surface area contributed by atoms with Crippen molar-refractivity contribution in [3.05, 3.63) is 39.7 Å². The van der Waals surface area contributed by atoms with Crippen molar-refractivity contribution in [2.45, 2.75) is 51.7 Å². The Labute approximate surface area is 222 Å². The number of aromatic hydroxyl groups is 1. The molecule has 1 unspecified atom stereocenters. The summed E-state index contributed by atoms with van der Waals surface area (Å²) in [7, 11) is 5.76. The molecule has 0 radical (unpaired) electrons. The molecule has 1 aromatic rings. The maximum Gasteiger partial charge on any atom is 0.255 e. The molecule has 0 aromatic heterocycles. The summed E-state index contributed by atoms with van der Waals surface area (Å²) in [5.74, 6) is -5.71. The molecule has 3 atom stereocenters. The van der Waals surface area contributed by atoms with Gasteiger partial charge in [-0.05, 0) is 61.9 Å². The predicted molar refractivity (Wildman–Crippen MR) is 142 cm³/mol. The fourth-order valence-electron chi connectivity index (χ4n) is 6.27. The smallest absolute Gasteiger partial charge is 0.255 e. The van der Waals surface area contributed by atoms with E-state index < -0.39 is 52.0 Å². The molecule has 1 fully saturated rings. The minimum atomic E-state index is -2.56. The van der Waals surface area contributed by atoms with Crippen LogP contribution in [0.25, 0.3) is 5.76 Å². The van der Waals surface area contributed by atoms with Crippen LogP contribution in [0.1, 0.15) is 49.8 Å². The second-order valence-corrected chi connectivity index (χ2v) is 11.5. The number of nitrogens with two attached hydrogens (primary N) is 1. The summed E-state index contributed by atoms with van der Waals surface area (Å²) in [5, 5.41) is 44.5. The SMILES string of the molecule is CC(C)CCN(C)Cc1cc(O)c2c(c1N(C)C)CC1C[C@H]3CC(=O)C(C(N)=O)=C(O)[C@@]3(O)C(=O)C1=C2O. The molecular formula is C28H37N3O7. The second kappa shape index (κ2) is 9.74. The lowest BCUT2D eigenvalue weighted by atomic mass is 9.59. The van der Waals surface area contributed by atoms with E-state index in [0.717, 1.165) is 24.2 Å². The Bertz CT molecular complexity index is 1280. The van der Waals surface area contributed by atoms with Crippen LogP contribution in [-0.2, 0) is 27.3 Å². The minimum Gasteiger partial charge on any atom is -0.508 e. The summed E-state index contributed by atoms with van der Waals surface area (Å²) < 4.78 is 0. The number of fused-ring (bicyclic) bond motifs is 3. The number of carbonyl (C=O) groups excluding carboxylic acids is 3. The average Bonchev–Trinajstić information content (AvgIpc) is 2.79. The summed E-state index contributed by atoms with van der Waals surface area (Å²) in [6.07, 6.45) is 1.06. The van der Waals surface area contributed by atoms with Crippen molar-refractivity contribution in [1.29, 1.82) is 0 Å². The van der Waals surface area contributed by atoms with Gasteiger partial charge in [-0.2, -0.15) is 0 Å². The van der Waals surface area contributed by atoms with Crippen molar-refractivity contribution in [2.24, 2.45) is 23.5 Å². The Morgan fingerprint density at radius 1 is 1.16 bits per heavy atom. The maximum atomic E-state index is 13.7. The van der Waals surface area contributed by atoms with E-state index in [0.29, 0.717) is 18.0 Å². The summed E-state index contributed by atoms with van der Waals surface area (Å²) in [5.41, 5.74) is 4.22. The van der Waals surface area contributed by atoms with Crippen LogP contribution in [0.2, 0.25) is 0 Å². The van der Waals surface area contributed by atoms with Crippen molar-refractivity contribution >= 4 is 28.9 Å². The number of nitrogens with zero attached hydrogens (tertiary/aromatic N) is 2. The quantitative estimate of drug-likeness (QED) is 0.333. The first-order valence-corrected chi connectivity index (χ1v) is 12.9. The summed E-state index contributed by atoms with van der Waals surface area (Å²) in [4.78, 5) is 42.1. The number of amides is 1. The highest BCUT2D eigenvalue weighted by Gasteiger charge is 2.60. The van der Waals surface area contributed by atoms with Crippen molar-refractivity contribution in [1.82, 2.24) is 4.90 Å². The van der Waals surface area contributed by atoms with Crippen LogP contribution >= 0.6 is 0 Å². The lowest BCUT2D eigenvalue weighted by Crippen LogP contribution is -2.58. The number of Topliss-reactive ketones (excluding diaryl/α,β-unsaturated/α-hetero) is 2. The molecule has 4 rings (SSSR count). The fraction of sp³-hybridized carbons (Fsp3) is 0.536. The van der Waals surface area contributed by atoms with Gasteiger partial charge in [0.25, 0.3) is 5.91 Å². The first-order valence-electron chi connectivity index (χ1n) is 12.9. The Balaban J connectivity index is 1.84. The van der Waals surface area contributed by atoms with Crippen molar-refractivity contribution in [2.75, 3.05) is 32.6 Å². The van der Waals surface area contributed by atoms with E-state index in [1.807, 2.05) is 26.0 Å². The van der Waals surface area contributed by atoms with Gasteiger partial charge in [0.05, 0.1) is 5.56 Å². The van der Waals surface area contributed by atoms with Crippen molar-refractivity contribution < 1.29 is 34.8 Å². The van der Waals surface area contributed by atoms with Gasteiger partial charge in [0, 0.05) is 44.2 Å². The van der Waals surface area contributed by atoms with Gasteiger partial charge in [-0.25, -0.2) is 0 Å². The van der Waals surface area contributed by atoms with Crippen LogP contribution < -0.4 is 10.6 Å². The number of phenols is 1. The highest BCUT2D eigenvalue weighted by Crippen LogP contribution is 2.53. The monoisotopic (exact) mass is 527 g/mol. The lowest BCUT2D eigenvalue weighted by Gasteiger charge is -2.46. The Hall–Kier alpha value is -3.37. The first kappa shape index (κ1) is 27.7. The van der Waals surface area contributed by atoms with Crippen molar-refractivity contribution in [3.8, 4) is 5.75 Å². The minimum absolute atomic E-state index is 0.106. The number of rotatable bonds is 7. The molecule has 3 aliphatic carbocycles. The van der Waals surface area contributed by atoms with Gasteiger partial charge in [0.15, 0.2) is 11.4 Å². The second-order valence-electron chi connectivity index (χ2n) is 11.5. The third-order valence-corrected chi connectivity index (χ3v) is 8.09. The van der Waals surface area contributed by atoms with E-state index in [4.69, 9.17) is 5.73 Å². The number of aliphatic hydroxyl groups is 3. The van der Waals surface area contributed by atoms with E-state index in [9.17, 15) is 34.8 Å². The highest BCUT2D eigenvalue weighted by molar-refractivity contribution is 6.22. The van der Waals surface area contributed by atoms with Gasteiger partial charge < -0.3 is 36.0 Å². The summed E-state index contributed by atoms with van der Waals surface area (Å²) in [6, 6.07) is 1.59. The number of phenolic OH excluding ortho intramolecular Hbond substituents is 1. The molecule has 3 aliphatic rings. The Morgan fingerprint density at radius 2 is 1.82 bits per heavy atom. The van der Waals surface area contributed by atoms with Crippen LogP contribution in [0.5, 0.6) is 5.75 Å². The molecule has 206 valence electrons. The van der Waals surface area contributed by atoms with Gasteiger partial charge in [-0.1, -0.05) is 13.8 Å². The number of hydrogen-bond acceptors (Lipinski definition) is 9. The fourth-order valence-corrected chi connectivity index (χ4v) is 6.27. The standard InChI is InChI=1S/C28H37N3O7/c1-13(2)6-7-31(5)12-15-10-18(32)21-17(23(15)30(3)4)9-14-8-16-11-19(33)22(27(29)37)26(36)28(16,38)25(35)20(14)24(21)34/h10,13-14,16,32,34,36,38H,6-9,11-12H2,1-5H3,(H2,29,37)/t14?,16-,28-/m0/s1. The van der Waals surface area contributed by atoms with Gasteiger partial charge in [0.1, 0.15) is 22.8 Å². The molecule has 6 N–H and O–H groups in total. The first-order chi connectivity index (χ1) is 17.7. The number of ketones is 2. The summed E-state index contributed by atoms with van der Waals surface area (Å²) >= 11 is 0. The van der Waals surface area contributed by atoms with Crippen LogP contribution in [0.4, 0.5) is 5.69 Å². The molecule has 1 amide bonds. The van der Waals surface area contributed by atoms with Gasteiger partial charge >= 0.3 is 0 Å². The zero-order chi connectivity index (χ0) is 28.3. The topological polar surface area (TPSA) is 165 Å². The third-order valence-electron chi connectivity index (χ3n) is 8.09. The molecule has 1 saturated carbocycles. The third kappa shape index (κ3) is 4.25. The normalized spacial score (nSPS) is 25.1. The maximum absolute atomic E-state index is 13.7. The lowest BCUT2D eigenvalue weighted by molar-refractivity contribution is -0.147. The molecule has 0 bridgehead atoms. The van der Waals surface area contributed by atoms with Crippen LogP contribution in [-0.4, -0.2) is 76.1 Å². The zero-order valence-corrected chi connectivity index (χ0v) is 22.5. The van der Waals surface area contributed by atoms with E-state index >= 15 is 0 Å². The van der Waals surface area contributed by atoms with Crippen LogP contribution in [0, 0.1) is 17.8 Å². The van der Waals surface area contributed by atoms with Crippen molar-refractivity contribution in [3.63, 3.8) is 0 Å². The van der Waals surface area contributed by atoms with E-state index in [1.54, 1.807) is 6.07 Å². The molecular weight excluding hydrogens is 490 g/mol. The molecule has 0 saturated heterocycles. The Kier molecular flexibility index (Phi) is 7.09. The molecule has 1 aromatic carbocycles. The van der Waals surface area contributed by atoms with E-state index in [1.165, 1.54) is 0 Å². The number of benzene rings is 1. The zero-order valence-electron chi connectivity index (χ0n) is 22.5. The highest BCUT2D eigenvalue weighted by atomic mass is 16.3. The molecule has 38 heavy (non-hydrogen) atoms.